The third-order valence-electron chi connectivity index (χ3n) is 2.72. The molecule has 0 aliphatic heterocycles. The highest BCUT2D eigenvalue weighted by Crippen LogP contribution is 2.25. The van der Waals surface area contributed by atoms with Gasteiger partial charge in [0.1, 0.15) is 5.60 Å². The van der Waals surface area contributed by atoms with E-state index in [0.29, 0.717) is 0 Å². The highest BCUT2D eigenvalue weighted by molar-refractivity contribution is 5.76. The van der Waals surface area contributed by atoms with Crippen LogP contribution >= 0.6 is 0 Å². The summed E-state index contributed by atoms with van der Waals surface area (Å²) in [4.78, 5) is 9.24. The van der Waals surface area contributed by atoms with E-state index in [1.165, 1.54) is 0 Å². The third-order valence-corrected chi connectivity index (χ3v) is 2.72. The van der Waals surface area contributed by atoms with Gasteiger partial charge in [-0.1, -0.05) is 6.07 Å². The number of hydrogen-bond donors (Lipinski definition) is 1. The van der Waals surface area contributed by atoms with Gasteiger partial charge in [0, 0.05) is 7.05 Å². The van der Waals surface area contributed by atoms with Crippen LogP contribution in [0.15, 0.2) is 24.5 Å². The second kappa shape index (κ2) is 3.32. The highest BCUT2D eigenvalue weighted by atomic mass is 16.6. The van der Waals surface area contributed by atoms with Gasteiger partial charge in [-0.05, 0) is 31.5 Å². The molecular weight excluding hydrogens is 190 g/mol. The van der Waals surface area contributed by atoms with Crippen molar-refractivity contribution in [2.45, 2.75) is 19.4 Å². The summed E-state index contributed by atoms with van der Waals surface area (Å²) in [5.41, 5.74) is 2.61. The summed E-state index contributed by atoms with van der Waals surface area (Å²) in [7, 11) is 1.97. The number of aryl methyl sites for hydroxylation is 1. The Morgan fingerprint density at radius 3 is 2.80 bits per heavy atom. The lowest BCUT2D eigenvalue weighted by Gasteiger charge is -2.22. The minimum atomic E-state index is -0.480. The quantitative estimate of drug-likeness (QED) is 0.759. The molecule has 0 aliphatic carbocycles. The molecule has 4 heteroatoms. The van der Waals surface area contributed by atoms with Crippen molar-refractivity contribution in [2.24, 2.45) is 12.9 Å². The third kappa shape index (κ3) is 1.62. The van der Waals surface area contributed by atoms with Gasteiger partial charge in [-0.15, -0.1) is 0 Å². The van der Waals surface area contributed by atoms with E-state index in [2.05, 4.69) is 4.98 Å². The maximum absolute atomic E-state index is 5.26. The molecule has 2 aromatic rings. The van der Waals surface area contributed by atoms with Gasteiger partial charge < -0.3 is 4.57 Å². The molecule has 2 rings (SSSR count). The Kier molecular flexibility index (Phi) is 2.25. The Bertz CT molecular complexity index is 488. The van der Waals surface area contributed by atoms with E-state index in [9.17, 15) is 0 Å². The van der Waals surface area contributed by atoms with Crippen molar-refractivity contribution in [1.29, 1.82) is 0 Å². The Labute approximate surface area is 88.6 Å². The summed E-state index contributed by atoms with van der Waals surface area (Å²) < 4.78 is 1.98. The Morgan fingerprint density at radius 1 is 1.40 bits per heavy atom. The summed E-state index contributed by atoms with van der Waals surface area (Å²) >= 11 is 0. The molecule has 1 heterocycles. The standard InChI is InChI=1S/C11H15N3O/c1-11(2,15-12)8-4-5-10-9(6-8)13-7-14(10)3/h4-7H,12H2,1-3H3. The first-order valence-corrected chi connectivity index (χ1v) is 4.84. The van der Waals surface area contributed by atoms with Crippen molar-refractivity contribution in [3.05, 3.63) is 30.1 Å². The molecule has 0 spiro atoms. The summed E-state index contributed by atoms with van der Waals surface area (Å²) in [6, 6.07) is 6.04. The predicted molar refractivity (Wildman–Crippen MR) is 59.0 cm³/mol. The van der Waals surface area contributed by atoms with Crippen LogP contribution in [-0.2, 0) is 17.5 Å². The van der Waals surface area contributed by atoms with Gasteiger partial charge in [0.2, 0.25) is 0 Å². The summed E-state index contributed by atoms with van der Waals surface area (Å²) in [5.74, 6) is 5.26. The second-order valence-corrected chi connectivity index (χ2v) is 4.19. The Morgan fingerprint density at radius 2 is 2.13 bits per heavy atom. The number of fused-ring (bicyclic) bond motifs is 1. The molecule has 4 nitrogen and oxygen atoms in total. The van der Waals surface area contributed by atoms with Gasteiger partial charge in [-0.2, -0.15) is 0 Å². The number of imidazole rings is 1. The van der Waals surface area contributed by atoms with Crippen LogP contribution in [0.2, 0.25) is 0 Å². The van der Waals surface area contributed by atoms with E-state index in [0.717, 1.165) is 16.6 Å². The fraction of sp³-hybridized carbons (Fsp3) is 0.364. The molecule has 0 radical (unpaired) electrons. The number of aromatic nitrogens is 2. The zero-order chi connectivity index (χ0) is 11.1. The lowest BCUT2D eigenvalue weighted by molar-refractivity contribution is -0.0235. The molecule has 2 N–H and O–H groups in total. The zero-order valence-electron chi connectivity index (χ0n) is 9.19. The molecule has 1 aromatic heterocycles. The molecule has 0 atom stereocenters. The molecule has 0 amide bonds. The van der Waals surface area contributed by atoms with Crippen LogP contribution in [0.3, 0.4) is 0 Å². The molecule has 0 unspecified atom stereocenters. The normalized spacial score (nSPS) is 12.3. The monoisotopic (exact) mass is 205 g/mol. The number of benzene rings is 1. The van der Waals surface area contributed by atoms with Gasteiger partial charge in [0.05, 0.1) is 17.4 Å². The van der Waals surface area contributed by atoms with Crippen LogP contribution in [0, 0.1) is 0 Å². The van der Waals surface area contributed by atoms with Crippen LogP contribution in [0.4, 0.5) is 0 Å². The van der Waals surface area contributed by atoms with Crippen LogP contribution in [0.1, 0.15) is 19.4 Å². The minimum absolute atomic E-state index is 0.480. The van der Waals surface area contributed by atoms with Gasteiger partial charge in [-0.25, -0.2) is 10.9 Å². The van der Waals surface area contributed by atoms with Crippen molar-refractivity contribution in [3.63, 3.8) is 0 Å². The van der Waals surface area contributed by atoms with E-state index in [1.807, 2.05) is 43.7 Å². The largest absolute Gasteiger partial charge is 0.334 e. The molecular formula is C11H15N3O. The molecule has 1 aromatic carbocycles. The summed E-state index contributed by atoms with van der Waals surface area (Å²) in [6.07, 6.45) is 1.80. The smallest absolute Gasteiger partial charge is 0.109 e. The van der Waals surface area contributed by atoms with Crippen molar-refractivity contribution in [3.8, 4) is 0 Å². The van der Waals surface area contributed by atoms with E-state index in [-0.39, 0.29) is 0 Å². The molecule has 80 valence electrons. The maximum atomic E-state index is 5.26. The van der Waals surface area contributed by atoms with Crippen molar-refractivity contribution in [2.75, 3.05) is 0 Å². The lowest BCUT2D eigenvalue weighted by Crippen LogP contribution is -2.25. The fourth-order valence-corrected chi connectivity index (χ4v) is 1.58. The van der Waals surface area contributed by atoms with E-state index >= 15 is 0 Å². The second-order valence-electron chi connectivity index (χ2n) is 4.19. The summed E-state index contributed by atoms with van der Waals surface area (Å²) in [6.45, 7) is 3.86. The predicted octanol–water partition coefficient (Wildman–Crippen LogP) is 1.70. The van der Waals surface area contributed by atoms with Gasteiger partial charge in [0.15, 0.2) is 0 Å². The van der Waals surface area contributed by atoms with Crippen LogP contribution < -0.4 is 5.90 Å². The van der Waals surface area contributed by atoms with Crippen molar-refractivity contribution < 1.29 is 4.84 Å². The topological polar surface area (TPSA) is 53.1 Å². The van der Waals surface area contributed by atoms with Gasteiger partial charge in [-0.3, -0.25) is 4.84 Å². The molecule has 0 fully saturated rings. The minimum Gasteiger partial charge on any atom is -0.334 e. The van der Waals surface area contributed by atoms with Gasteiger partial charge in [0.25, 0.3) is 0 Å². The average Bonchev–Trinajstić information content (AvgIpc) is 2.60. The van der Waals surface area contributed by atoms with Crippen molar-refractivity contribution >= 4 is 11.0 Å². The maximum Gasteiger partial charge on any atom is 0.109 e. The van der Waals surface area contributed by atoms with E-state index in [4.69, 9.17) is 10.7 Å². The Balaban J connectivity index is 2.57. The first-order chi connectivity index (χ1) is 7.04. The fourth-order valence-electron chi connectivity index (χ4n) is 1.58. The molecule has 0 bridgehead atoms. The SMILES string of the molecule is Cn1cnc2cc(C(C)(C)ON)ccc21. The van der Waals surface area contributed by atoms with Crippen LogP contribution in [0.5, 0.6) is 0 Å². The van der Waals surface area contributed by atoms with Crippen LogP contribution in [-0.4, -0.2) is 9.55 Å². The number of nitrogens with two attached hydrogens (primary N) is 1. The van der Waals surface area contributed by atoms with E-state index < -0.39 is 5.60 Å². The van der Waals surface area contributed by atoms with Crippen LogP contribution in [0.25, 0.3) is 11.0 Å². The number of hydrogen-bond acceptors (Lipinski definition) is 3. The van der Waals surface area contributed by atoms with Crippen molar-refractivity contribution in [1.82, 2.24) is 9.55 Å². The first-order valence-electron chi connectivity index (χ1n) is 4.84. The van der Waals surface area contributed by atoms with Gasteiger partial charge >= 0.3 is 0 Å². The number of nitrogens with zero attached hydrogens (tertiary/aromatic N) is 2. The molecule has 0 saturated carbocycles. The average molecular weight is 205 g/mol. The highest BCUT2D eigenvalue weighted by Gasteiger charge is 2.21. The Hall–Kier alpha value is -1.39. The molecule has 0 saturated heterocycles. The lowest BCUT2D eigenvalue weighted by atomic mass is 9.98. The van der Waals surface area contributed by atoms with E-state index in [1.54, 1.807) is 6.33 Å². The first kappa shape index (κ1) is 10.1. The number of rotatable bonds is 2. The molecule has 15 heavy (non-hydrogen) atoms. The molecule has 0 aliphatic rings. The zero-order valence-corrected chi connectivity index (χ0v) is 9.19. The summed E-state index contributed by atoms with van der Waals surface area (Å²) in [5, 5.41) is 0.